The molecule has 0 unspecified atom stereocenters. The number of halogens is 2. The van der Waals surface area contributed by atoms with E-state index in [1.165, 1.54) is 16.7 Å². The van der Waals surface area contributed by atoms with E-state index in [-0.39, 0.29) is 11.4 Å². The van der Waals surface area contributed by atoms with Gasteiger partial charge >= 0.3 is 0 Å². The quantitative estimate of drug-likeness (QED) is 0.730. The Labute approximate surface area is 94.5 Å². The summed E-state index contributed by atoms with van der Waals surface area (Å²) in [6.07, 6.45) is 0. The minimum atomic E-state index is -0.290. The second kappa shape index (κ2) is 3.77. The van der Waals surface area contributed by atoms with Gasteiger partial charge in [-0.25, -0.2) is 4.39 Å². The molecule has 1 aromatic carbocycles. The summed E-state index contributed by atoms with van der Waals surface area (Å²) in [7, 11) is 1.69. The maximum absolute atomic E-state index is 13.0. The van der Waals surface area contributed by atoms with Crippen molar-refractivity contribution in [1.29, 1.82) is 0 Å². The minimum absolute atomic E-state index is 0.0500. The maximum Gasteiger partial charge on any atom is 0.254 e. The van der Waals surface area contributed by atoms with Crippen LogP contribution in [0.15, 0.2) is 29.1 Å². The van der Waals surface area contributed by atoms with Crippen molar-refractivity contribution >= 4 is 26.8 Å². The van der Waals surface area contributed by atoms with Crippen LogP contribution in [0, 0.1) is 5.82 Å². The molecule has 0 aliphatic carbocycles. The smallest absolute Gasteiger partial charge is 0.254 e. The van der Waals surface area contributed by atoms with Crippen LogP contribution in [0.4, 0.5) is 4.39 Å². The Morgan fingerprint density at radius 2 is 2.13 bits per heavy atom. The third-order valence-corrected chi connectivity index (χ3v) is 3.01. The van der Waals surface area contributed by atoms with Gasteiger partial charge in [0.05, 0.1) is 5.52 Å². The Morgan fingerprint density at radius 1 is 1.40 bits per heavy atom. The SMILES string of the molecule is Cn1c(=O)c(CBr)cc2cc(F)ccc21. The van der Waals surface area contributed by atoms with Crippen LogP contribution >= 0.6 is 15.9 Å². The van der Waals surface area contributed by atoms with Gasteiger partial charge in [0.15, 0.2) is 0 Å². The summed E-state index contributed by atoms with van der Waals surface area (Å²) in [5, 5.41) is 1.22. The Bertz CT molecular complexity index is 577. The highest BCUT2D eigenvalue weighted by atomic mass is 79.9. The second-order valence-corrected chi connectivity index (χ2v) is 3.93. The largest absolute Gasteiger partial charge is 0.311 e. The van der Waals surface area contributed by atoms with Gasteiger partial charge in [-0.1, -0.05) is 15.9 Å². The van der Waals surface area contributed by atoms with Gasteiger partial charge in [-0.3, -0.25) is 4.79 Å². The number of alkyl halides is 1. The monoisotopic (exact) mass is 269 g/mol. The first-order valence-electron chi connectivity index (χ1n) is 4.47. The average Bonchev–Trinajstić information content (AvgIpc) is 2.23. The molecule has 0 amide bonds. The lowest BCUT2D eigenvalue weighted by atomic mass is 10.1. The molecule has 0 aliphatic heterocycles. The van der Waals surface area contributed by atoms with E-state index in [0.29, 0.717) is 10.9 Å². The Kier molecular flexibility index (Phi) is 2.61. The minimum Gasteiger partial charge on any atom is -0.311 e. The van der Waals surface area contributed by atoms with Gasteiger partial charge in [0.2, 0.25) is 0 Å². The van der Waals surface area contributed by atoms with Crippen molar-refractivity contribution in [2.45, 2.75) is 5.33 Å². The summed E-state index contributed by atoms with van der Waals surface area (Å²) >= 11 is 3.24. The molecule has 4 heteroatoms. The van der Waals surface area contributed by atoms with Crippen molar-refractivity contribution < 1.29 is 4.39 Å². The van der Waals surface area contributed by atoms with Crippen molar-refractivity contribution in [3.05, 3.63) is 46.0 Å². The summed E-state index contributed by atoms with van der Waals surface area (Å²) in [6, 6.07) is 6.12. The van der Waals surface area contributed by atoms with E-state index in [0.717, 1.165) is 10.9 Å². The zero-order valence-corrected chi connectivity index (χ0v) is 9.71. The molecule has 0 N–H and O–H groups in total. The Morgan fingerprint density at radius 3 is 2.80 bits per heavy atom. The van der Waals surface area contributed by atoms with Crippen LogP contribution in [-0.4, -0.2) is 4.57 Å². The molecule has 0 atom stereocenters. The number of fused-ring (bicyclic) bond motifs is 1. The predicted molar refractivity (Wildman–Crippen MR) is 61.8 cm³/mol. The molecule has 0 radical (unpaired) electrons. The van der Waals surface area contributed by atoms with Gasteiger partial charge in [0.1, 0.15) is 5.82 Å². The standard InChI is InChI=1S/C11H9BrFNO/c1-14-10-3-2-9(13)5-7(10)4-8(6-12)11(14)15/h2-5H,6H2,1H3. The molecular formula is C11H9BrFNO. The number of aromatic nitrogens is 1. The van der Waals surface area contributed by atoms with E-state index in [2.05, 4.69) is 15.9 Å². The van der Waals surface area contributed by atoms with Crippen molar-refractivity contribution in [1.82, 2.24) is 4.57 Å². The molecule has 2 aromatic rings. The fourth-order valence-electron chi connectivity index (χ4n) is 1.62. The fraction of sp³-hybridized carbons (Fsp3) is 0.182. The van der Waals surface area contributed by atoms with Gasteiger partial charge in [0, 0.05) is 23.3 Å². The summed E-state index contributed by atoms with van der Waals surface area (Å²) in [5.41, 5.74) is 1.33. The van der Waals surface area contributed by atoms with Gasteiger partial charge in [-0.15, -0.1) is 0 Å². The molecule has 1 heterocycles. The normalized spacial score (nSPS) is 10.9. The van der Waals surface area contributed by atoms with E-state index < -0.39 is 0 Å². The van der Waals surface area contributed by atoms with Gasteiger partial charge in [-0.05, 0) is 24.3 Å². The van der Waals surface area contributed by atoms with Crippen molar-refractivity contribution in [2.24, 2.45) is 7.05 Å². The summed E-state index contributed by atoms with van der Waals surface area (Å²) in [6.45, 7) is 0. The lowest BCUT2D eigenvalue weighted by Crippen LogP contribution is -2.20. The van der Waals surface area contributed by atoms with Crippen LogP contribution in [0.1, 0.15) is 5.56 Å². The van der Waals surface area contributed by atoms with Crippen molar-refractivity contribution in [3.63, 3.8) is 0 Å². The lowest BCUT2D eigenvalue weighted by Gasteiger charge is -2.06. The third-order valence-electron chi connectivity index (χ3n) is 2.40. The first-order chi connectivity index (χ1) is 7.13. The number of benzene rings is 1. The topological polar surface area (TPSA) is 22.0 Å². The van der Waals surface area contributed by atoms with Crippen LogP contribution in [-0.2, 0) is 12.4 Å². The lowest BCUT2D eigenvalue weighted by molar-refractivity contribution is 0.629. The molecule has 0 saturated carbocycles. The third kappa shape index (κ3) is 1.69. The summed E-state index contributed by atoms with van der Waals surface area (Å²) in [4.78, 5) is 11.7. The molecule has 2 nitrogen and oxygen atoms in total. The van der Waals surface area contributed by atoms with Crippen LogP contribution in [0.25, 0.3) is 10.9 Å². The molecule has 0 aliphatic rings. The highest BCUT2D eigenvalue weighted by molar-refractivity contribution is 9.08. The van der Waals surface area contributed by atoms with Gasteiger partial charge < -0.3 is 4.57 Å². The van der Waals surface area contributed by atoms with E-state index in [1.807, 2.05) is 0 Å². The number of aryl methyl sites for hydroxylation is 1. The van der Waals surface area contributed by atoms with Crippen molar-refractivity contribution in [3.8, 4) is 0 Å². The zero-order valence-electron chi connectivity index (χ0n) is 8.13. The maximum atomic E-state index is 13.0. The van der Waals surface area contributed by atoms with E-state index in [4.69, 9.17) is 0 Å². The van der Waals surface area contributed by atoms with Crippen LogP contribution in [0.3, 0.4) is 0 Å². The molecule has 2 rings (SSSR count). The molecule has 0 bridgehead atoms. The number of hydrogen-bond donors (Lipinski definition) is 0. The molecule has 78 valence electrons. The molecule has 1 aromatic heterocycles. The number of rotatable bonds is 1. The van der Waals surface area contributed by atoms with Crippen LogP contribution in [0.5, 0.6) is 0 Å². The van der Waals surface area contributed by atoms with E-state index in [1.54, 1.807) is 19.2 Å². The average molecular weight is 270 g/mol. The highest BCUT2D eigenvalue weighted by Gasteiger charge is 2.05. The second-order valence-electron chi connectivity index (χ2n) is 3.37. The predicted octanol–water partition coefficient (Wildman–Crippen LogP) is 2.57. The highest BCUT2D eigenvalue weighted by Crippen LogP contribution is 2.15. The van der Waals surface area contributed by atoms with Crippen LogP contribution in [0.2, 0.25) is 0 Å². The summed E-state index contributed by atoms with van der Waals surface area (Å²) < 4.78 is 14.5. The Hall–Kier alpha value is -1.16. The van der Waals surface area contributed by atoms with Crippen LogP contribution < -0.4 is 5.56 Å². The number of nitrogens with zero attached hydrogens (tertiary/aromatic N) is 1. The molecule has 0 spiro atoms. The van der Waals surface area contributed by atoms with Gasteiger partial charge in [0.25, 0.3) is 5.56 Å². The van der Waals surface area contributed by atoms with E-state index in [9.17, 15) is 9.18 Å². The molecule has 0 saturated heterocycles. The fourth-order valence-corrected chi connectivity index (χ4v) is 2.02. The Balaban J connectivity index is 2.91. The first-order valence-corrected chi connectivity index (χ1v) is 5.60. The van der Waals surface area contributed by atoms with E-state index >= 15 is 0 Å². The summed E-state index contributed by atoms with van der Waals surface area (Å²) in [5.74, 6) is -0.290. The molecule has 15 heavy (non-hydrogen) atoms. The zero-order chi connectivity index (χ0) is 11.0. The molecular weight excluding hydrogens is 261 g/mol. The number of pyridine rings is 1. The van der Waals surface area contributed by atoms with Crippen molar-refractivity contribution in [2.75, 3.05) is 0 Å². The molecule has 0 fully saturated rings. The number of hydrogen-bond acceptors (Lipinski definition) is 1. The first kappa shape index (κ1) is 10.4. The van der Waals surface area contributed by atoms with Gasteiger partial charge in [-0.2, -0.15) is 0 Å².